The molecule has 1 N–H and O–H groups in total. The van der Waals surface area contributed by atoms with Crippen LogP contribution in [0.1, 0.15) is 42.4 Å². The monoisotopic (exact) mass is 290 g/mol. The average Bonchev–Trinajstić information content (AvgIpc) is 3.18. The van der Waals surface area contributed by atoms with Crippen LogP contribution in [0.5, 0.6) is 0 Å². The molecule has 20 heavy (non-hydrogen) atoms. The summed E-state index contributed by atoms with van der Waals surface area (Å²) in [6.07, 6.45) is 8.15. The first-order valence-corrected chi connectivity index (χ1v) is 8.32. The van der Waals surface area contributed by atoms with Gasteiger partial charge in [0.15, 0.2) is 5.82 Å². The fourth-order valence-electron chi connectivity index (χ4n) is 3.10. The van der Waals surface area contributed by atoms with Crippen molar-refractivity contribution in [2.45, 2.75) is 38.1 Å². The highest BCUT2D eigenvalue weighted by molar-refractivity contribution is 7.10. The molecule has 0 aromatic carbocycles. The van der Waals surface area contributed by atoms with Crippen LogP contribution in [0.25, 0.3) is 0 Å². The van der Waals surface area contributed by atoms with E-state index in [1.807, 2.05) is 18.4 Å². The third-order valence-corrected chi connectivity index (χ3v) is 5.04. The van der Waals surface area contributed by atoms with Gasteiger partial charge in [-0.2, -0.15) is 5.10 Å². The van der Waals surface area contributed by atoms with Crippen LogP contribution in [0.3, 0.4) is 0 Å². The number of hydrogen-bond donors (Lipinski definition) is 1. The van der Waals surface area contributed by atoms with Crippen LogP contribution < -0.4 is 5.32 Å². The van der Waals surface area contributed by atoms with Crippen LogP contribution in [0.4, 0.5) is 0 Å². The first kappa shape index (κ1) is 13.8. The number of rotatable bonds is 6. The maximum Gasteiger partial charge on any atom is 0.151 e. The van der Waals surface area contributed by atoms with E-state index >= 15 is 0 Å². The van der Waals surface area contributed by atoms with Crippen molar-refractivity contribution in [3.8, 4) is 0 Å². The Kier molecular flexibility index (Phi) is 4.47. The molecule has 2 heterocycles. The Morgan fingerprint density at radius 3 is 2.95 bits per heavy atom. The summed E-state index contributed by atoms with van der Waals surface area (Å²) < 4.78 is 1.77. The highest BCUT2D eigenvalue weighted by Gasteiger charge is 2.26. The molecule has 0 aliphatic heterocycles. The SMILES string of the molecule is Cn1cnc(CCNC(c2cccs2)C2CCCC2)n1. The molecule has 1 aliphatic carbocycles. The van der Waals surface area contributed by atoms with Gasteiger partial charge < -0.3 is 5.32 Å². The lowest BCUT2D eigenvalue weighted by molar-refractivity contribution is 0.373. The Hall–Kier alpha value is -1.20. The van der Waals surface area contributed by atoms with Gasteiger partial charge in [0.2, 0.25) is 0 Å². The van der Waals surface area contributed by atoms with Gasteiger partial charge in [-0.3, -0.25) is 4.68 Å². The van der Waals surface area contributed by atoms with Crippen molar-refractivity contribution in [1.29, 1.82) is 0 Å². The number of thiophene rings is 1. The summed E-state index contributed by atoms with van der Waals surface area (Å²) in [6.45, 7) is 0.948. The number of aromatic nitrogens is 3. The molecule has 5 heteroatoms. The molecular weight excluding hydrogens is 268 g/mol. The predicted octanol–water partition coefficient (Wildman–Crippen LogP) is 2.94. The fourth-order valence-corrected chi connectivity index (χ4v) is 3.99. The minimum Gasteiger partial charge on any atom is -0.309 e. The third kappa shape index (κ3) is 3.27. The number of nitrogens with zero attached hydrogens (tertiary/aromatic N) is 3. The number of aryl methyl sites for hydroxylation is 1. The van der Waals surface area contributed by atoms with Gasteiger partial charge >= 0.3 is 0 Å². The first-order valence-electron chi connectivity index (χ1n) is 7.44. The van der Waals surface area contributed by atoms with E-state index in [1.54, 1.807) is 11.0 Å². The molecule has 0 saturated heterocycles. The van der Waals surface area contributed by atoms with Crippen LogP contribution in [-0.4, -0.2) is 21.3 Å². The molecule has 1 aliphatic rings. The molecule has 3 rings (SSSR count). The van der Waals surface area contributed by atoms with Crippen LogP contribution in [0, 0.1) is 5.92 Å². The summed E-state index contributed by atoms with van der Waals surface area (Å²) in [5.41, 5.74) is 0. The van der Waals surface area contributed by atoms with Gasteiger partial charge in [-0.25, -0.2) is 4.98 Å². The van der Waals surface area contributed by atoms with Gasteiger partial charge in [-0.15, -0.1) is 11.3 Å². The summed E-state index contributed by atoms with van der Waals surface area (Å²) in [5.74, 6) is 1.72. The summed E-state index contributed by atoms with van der Waals surface area (Å²) in [7, 11) is 1.91. The third-order valence-electron chi connectivity index (χ3n) is 4.08. The molecule has 0 spiro atoms. The van der Waals surface area contributed by atoms with E-state index in [0.29, 0.717) is 6.04 Å². The Morgan fingerprint density at radius 1 is 1.45 bits per heavy atom. The van der Waals surface area contributed by atoms with Crippen molar-refractivity contribution in [3.63, 3.8) is 0 Å². The van der Waals surface area contributed by atoms with Gasteiger partial charge in [0, 0.05) is 30.9 Å². The zero-order chi connectivity index (χ0) is 13.8. The molecule has 1 saturated carbocycles. The molecule has 2 aromatic heterocycles. The molecule has 4 nitrogen and oxygen atoms in total. The minimum atomic E-state index is 0.515. The second kappa shape index (κ2) is 6.50. The Labute approximate surface area is 124 Å². The number of nitrogens with one attached hydrogen (secondary N) is 1. The maximum absolute atomic E-state index is 4.34. The topological polar surface area (TPSA) is 42.7 Å². The van der Waals surface area contributed by atoms with Crippen molar-refractivity contribution in [2.75, 3.05) is 6.54 Å². The van der Waals surface area contributed by atoms with E-state index in [4.69, 9.17) is 0 Å². The van der Waals surface area contributed by atoms with E-state index in [-0.39, 0.29) is 0 Å². The van der Waals surface area contributed by atoms with E-state index in [2.05, 4.69) is 32.9 Å². The summed E-state index contributed by atoms with van der Waals surface area (Å²) in [4.78, 5) is 5.77. The lowest BCUT2D eigenvalue weighted by Crippen LogP contribution is -2.28. The Morgan fingerprint density at radius 2 is 2.30 bits per heavy atom. The maximum atomic E-state index is 4.34. The highest BCUT2D eigenvalue weighted by Crippen LogP contribution is 2.37. The first-order chi connectivity index (χ1) is 9.83. The second-order valence-corrected chi connectivity index (χ2v) is 6.56. The predicted molar refractivity (Wildman–Crippen MR) is 81.7 cm³/mol. The van der Waals surface area contributed by atoms with E-state index < -0.39 is 0 Å². The Balaban J connectivity index is 1.58. The lowest BCUT2D eigenvalue weighted by Gasteiger charge is -2.23. The molecule has 0 amide bonds. The van der Waals surface area contributed by atoms with Crippen LogP contribution in [0.2, 0.25) is 0 Å². The van der Waals surface area contributed by atoms with Crippen molar-refractivity contribution in [2.24, 2.45) is 13.0 Å². The molecule has 108 valence electrons. The Bertz CT molecular complexity index is 514. The number of hydrogen-bond acceptors (Lipinski definition) is 4. The van der Waals surface area contributed by atoms with Crippen molar-refractivity contribution < 1.29 is 0 Å². The largest absolute Gasteiger partial charge is 0.309 e. The molecule has 0 bridgehead atoms. The molecule has 0 radical (unpaired) electrons. The van der Waals surface area contributed by atoms with E-state index in [1.165, 1.54) is 30.6 Å². The minimum absolute atomic E-state index is 0.515. The van der Waals surface area contributed by atoms with Gasteiger partial charge in [0.25, 0.3) is 0 Å². The van der Waals surface area contributed by atoms with Gasteiger partial charge in [0.05, 0.1) is 0 Å². The van der Waals surface area contributed by atoms with Crippen molar-refractivity contribution in [1.82, 2.24) is 20.1 Å². The summed E-state index contributed by atoms with van der Waals surface area (Å²) in [5, 5.41) is 10.3. The van der Waals surface area contributed by atoms with Gasteiger partial charge in [0.1, 0.15) is 6.33 Å². The zero-order valence-electron chi connectivity index (χ0n) is 12.0. The molecule has 1 unspecified atom stereocenters. The molecular formula is C15H22N4S. The van der Waals surface area contributed by atoms with Gasteiger partial charge in [-0.1, -0.05) is 18.9 Å². The lowest BCUT2D eigenvalue weighted by atomic mass is 9.96. The second-order valence-electron chi connectivity index (χ2n) is 5.58. The summed E-state index contributed by atoms with van der Waals surface area (Å²) >= 11 is 1.87. The zero-order valence-corrected chi connectivity index (χ0v) is 12.8. The normalized spacial score (nSPS) is 17.6. The quantitative estimate of drug-likeness (QED) is 0.889. The molecule has 1 fully saturated rings. The van der Waals surface area contributed by atoms with Crippen LogP contribution >= 0.6 is 11.3 Å². The highest BCUT2D eigenvalue weighted by atomic mass is 32.1. The molecule has 1 atom stereocenters. The van der Waals surface area contributed by atoms with E-state index in [9.17, 15) is 0 Å². The standard InChI is InChI=1S/C15H22N4S/c1-19-11-17-14(18-19)8-9-16-15(12-5-2-3-6-12)13-7-4-10-20-13/h4,7,10-12,15-16H,2-3,5-6,8-9H2,1H3. The molecule has 2 aromatic rings. The average molecular weight is 290 g/mol. The van der Waals surface area contributed by atoms with Gasteiger partial charge in [-0.05, 0) is 30.2 Å². The fraction of sp³-hybridized carbons (Fsp3) is 0.600. The van der Waals surface area contributed by atoms with E-state index in [0.717, 1.165) is 24.7 Å². The smallest absolute Gasteiger partial charge is 0.151 e. The van der Waals surface area contributed by atoms with Crippen molar-refractivity contribution in [3.05, 3.63) is 34.5 Å². The van der Waals surface area contributed by atoms with Crippen LogP contribution in [-0.2, 0) is 13.5 Å². The van der Waals surface area contributed by atoms with Crippen molar-refractivity contribution >= 4 is 11.3 Å². The van der Waals surface area contributed by atoms with Crippen LogP contribution in [0.15, 0.2) is 23.8 Å². The summed E-state index contributed by atoms with van der Waals surface area (Å²) in [6, 6.07) is 4.94.